The zero-order valence-electron chi connectivity index (χ0n) is 9.03. The van der Waals surface area contributed by atoms with E-state index < -0.39 is 0 Å². The SMILES string of the molecule is COCc1cccc(Nc2cn[nH]c2N)c1. The van der Waals surface area contributed by atoms with E-state index in [1.165, 1.54) is 0 Å². The molecule has 0 spiro atoms. The van der Waals surface area contributed by atoms with Gasteiger partial charge < -0.3 is 15.8 Å². The van der Waals surface area contributed by atoms with Crippen molar-refractivity contribution in [3.05, 3.63) is 36.0 Å². The van der Waals surface area contributed by atoms with Gasteiger partial charge in [0, 0.05) is 12.8 Å². The van der Waals surface area contributed by atoms with Crippen LogP contribution < -0.4 is 11.1 Å². The Morgan fingerprint density at radius 2 is 2.38 bits per heavy atom. The fraction of sp³-hybridized carbons (Fsp3) is 0.182. The first-order valence-corrected chi connectivity index (χ1v) is 4.93. The summed E-state index contributed by atoms with van der Waals surface area (Å²) in [5.41, 5.74) is 8.52. The third kappa shape index (κ3) is 2.32. The summed E-state index contributed by atoms with van der Waals surface area (Å²) >= 11 is 0. The number of nitrogen functional groups attached to an aromatic ring is 1. The first-order chi connectivity index (χ1) is 7.79. The largest absolute Gasteiger partial charge is 0.382 e. The lowest BCUT2D eigenvalue weighted by Gasteiger charge is -2.06. The molecule has 0 bridgehead atoms. The second-order valence-electron chi connectivity index (χ2n) is 3.46. The summed E-state index contributed by atoms with van der Waals surface area (Å²) in [6.07, 6.45) is 1.65. The molecule has 4 N–H and O–H groups in total. The second kappa shape index (κ2) is 4.67. The Bertz CT molecular complexity index is 467. The van der Waals surface area contributed by atoms with Crippen molar-refractivity contribution in [2.45, 2.75) is 6.61 Å². The van der Waals surface area contributed by atoms with Crippen molar-refractivity contribution in [2.24, 2.45) is 0 Å². The summed E-state index contributed by atoms with van der Waals surface area (Å²) in [5.74, 6) is 0.525. The van der Waals surface area contributed by atoms with Crippen molar-refractivity contribution in [3.63, 3.8) is 0 Å². The van der Waals surface area contributed by atoms with E-state index in [2.05, 4.69) is 15.5 Å². The molecule has 0 aliphatic carbocycles. The molecule has 5 heteroatoms. The van der Waals surface area contributed by atoms with E-state index in [1.54, 1.807) is 13.3 Å². The van der Waals surface area contributed by atoms with Gasteiger partial charge in [0.2, 0.25) is 0 Å². The molecule has 0 amide bonds. The lowest BCUT2D eigenvalue weighted by molar-refractivity contribution is 0.185. The van der Waals surface area contributed by atoms with E-state index in [-0.39, 0.29) is 0 Å². The van der Waals surface area contributed by atoms with E-state index >= 15 is 0 Å². The van der Waals surface area contributed by atoms with Crippen molar-refractivity contribution in [1.82, 2.24) is 10.2 Å². The van der Waals surface area contributed by atoms with Gasteiger partial charge in [0.1, 0.15) is 11.5 Å². The first-order valence-electron chi connectivity index (χ1n) is 4.93. The lowest BCUT2D eigenvalue weighted by atomic mass is 10.2. The fourth-order valence-electron chi connectivity index (χ4n) is 1.46. The topological polar surface area (TPSA) is 76.0 Å². The average molecular weight is 218 g/mol. The molecular formula is C11H14N4O. The number of nitrogens with one attached hydrogen (secondary N) is 2. The van der Waals surface area contributed by atoms with E-state index in [0.717, 1.165) is 16.9 Å². The summed E-state index contributed by atoms with van der Waals surface area (Å²) in [4.78, 5) is 0. The number of hydrogen-bond donors (Lipinski definition) is 3. The molecular weight excluding hydrogens is 204 g/mol. The molecule has 0 unspecified atom stereocenters. The molecule has 1 aromatic heterocycles. The monoisotopic (exact) mass is 218 g/mol. The highest BCUT2D eigenvalue weighted by atomic mass is 16.5. The maximum Gasteiger partial charge on any atom is 0.143 e. The third-order valence-corrected chi connectivity index (χ3v) is 2.19. The molecule has 2 aromatic rings. The van der Waals surface area contributed by atoms with Crippen LogP contribution in [0.3, 0.4) is 0 Å². The van der Waals surface area contributed by atoms with Crippen LogP contribution in [0.15, 0.2) is 30.5 Å². The number of rotatable bonds is 4. The summed E-state index contributed by atoms with van der Waals surface area (Å²) < 4.78 is 5.07. The maximum atomic E-state index is 5.68. The zero-order valence-corrected chi connectivity index (χ0v) is 9.03. The number of nitrogens with zero attached hydrogens (tertiary/aromatic N) is 1. The minimum atomic E-state index is 0.525. The average Bonchev–Trinajstić information content (AvgIpc) is 2.66. The molecule has 0 fully saturated rings. The van der Waals surface area contributed by atoms with Crippen LogP contribution in [0.5, 0.6) is 0 Å². The van der Waals surface area contributed by atoms with E-state index in [0.29, 0.717) is 12.4 Å². The Labute approximate surface area is 93.6 Å². The third-order valence-electron chi connectivity index (χ3n) is 2.19. The Morgan fingerprint density at radius 1 is 1.50 bits per heavy atom. The summed E-state index contributed by atoms with van der Waals surface area (Å²) in [7, 11) is 1.67. The summed E-state index contributed by atoms with van der Waals surface area (Å²) in [6.45, 7) is 0.594. The molecule has 0 radical (unpaired) electrons. The van der Waals surface area contributed by atoms with Gasteiger partial charge in [-0.3, -0.25) is 5.10 Å². The van der Waals surface area contributed by atoms with E-state index in [4.69, 9.17) is 10.5 Å². The highest BCUT2D eigenvalue weighted by molar-refractivity contribution is 5.68. The number of benzene rings is 1. The predicted molar refractivity (Wildman–Crippen MR) is 63.4 cm³/mol. The van der Waals surface area contributed by atoms with Crippen molar-refractivity contribution in [1.29, 1.82) is 0 Å². The van der Waals surface area contributed by atoms with Crippen molar-refractivity contribution in [3.8, 4) is 0 Å². The number of aromatic nitrogens is 2. The van der Waals surface area contributed by atoms with Gasteiger partial charge in [-0.1, -0.05) is 12.1 Å². The van der Waals surface area contributed by atoms with Crippen LogP contribution in [0.4, 0.5) is 17.2 Å². The molecule has 0 saturated heterocycles. The van der Waals surface area contributed by atoms with Gasteiger partial charge in [0.25, 0.3) is 0 Å². The van der Waals surface area contributed by atoms with Crippen LogP contribution in [-0.4, -0.2) is 17.3 Å². The normalized spacial score (nSPS) is 10.3. The zero-order chi connectivity index (χ0) is 11.4. The number of ether oxygens (including phenoxy) is 1. The van der Waals surface area contributed by atoms with Crippen molar-refractivity contribution >= 4 is 17.2 Å². The van der Waals surface area contributed by atoms with Crippen molar-refractivity contribution < 1.29 is 4.74 Å². The minimum absolute atomic E-state index is 0.525. The van der Waals surface area contributed by atoms with Crippen LogP contribution in [0, 0.1) is 0 Å². The molecule has 2 rings (SSSR count). The predicted octanol–water partition coefficient (Wildman–Crippen LogP) is 1.88. The van der Waals surface area contributed by atoms with Gasteiger partial charge in [0.15, 0.2) is 0 Å². The number of H-pyrrole nitrogens is 1. The van der Waals surface area contributed by atoms with Crippen LogP contribution >= 0.6 is 0 Å². The maximum absolute atomic E-state index is 5.68. The smallest absolute Gasteiger partial charge is 0.143 e. The Kier molecular flexibility index (Phi) is 3.07. The van der Waals surface area contributed by atoms with Gasteiger partial charge in [-0.05, 0) is 17.7 Å². The van der Waals surface area contributed by atoms with E-state index in [1.807, 2.05) is 24.3 Å². The summed E-state index contributed by atoms with van der Waals surface area (Å²) in [6, 6.07) is 7.95. The highest BCUT2D eigenvalue weighted by Crippen LogP contribution is 2.21. The standard InChI is InChI=1S/C11H14N4O/c1-16-7-8-3-2-4-9(5-8)14-10-6-13-15-11(10)12/h2-6,14H,7H2,1H3,(H3,12,13,15). The number of aromatic amines is 1. The van der Waals surface area contributed by atoms with E-state index in [9.17, 15) is 0 Å². The molecule has 84 valence electrons. The Balaban J connectivity index is 2.15. The lowest BCUT2D eigenvalue weighted by Crippen LogP contribution is -1.95. The fourth-order valence-corrected chi connectivity index (χ4v) is 1.46. The second-order valence-corrected chi connectivity index (χ2v) is 3.46. The molecule has 0 atom stereocenters. The van der Waals surface area contributed by atoms with Gasteiger partial charge in [-0.25, -0.2) is 0 Å². The number of nitrogens with two attached hydrogens (primary N) is 1. The number of hydrogen-bond acceptors (Lipinski definition) is 4. The Morgan fingerprint density at radius 3 is 3.06 bits per heavy atom. The molecule has 0 aliphatic heterocycles. The van der Waals surface area contributed by atoms with Crippen LogP contribution in [0.2, 0.25) is 0 Å². The van der Waals surface area contributed by atoms with Crippen LogP contribution in [-0.2, 0) is 11.3 Å². The Hall–Kier alpha value is -2.01. The molecule has 0 aliphatic rings. The van der Waals surface area contributed by atoms with Crippen LogP contribution in [0.25, 0.3) is 0 Å². The molecule has 5 nitrogen and oxygen atoms in total. The molecule has 1 aromatic carbocycles. The van der Waals surface area contributed by atoms with Crippen molar-refractivity contribution in [2.75, 3.05) is 18.2 Å². The van der Waals surface area contributed by atoms with Gasteiger partial charge in [-0.15, -0.1) is 0 Å². The molecule has 16 heavy (non-hydrogen) atoms. The van der Waals surface area contributed by atoms with Crippen LogP contribution in [0.1, 0.15) is 5.56 Å². The van der Waals surface area contributed by atoms with Gasteiger partial charge >= 0.3 is 0 Å². The molecule has 0 saturated carbocycles. The number of methoxy groups -OCH3 is 1. The highest BCUT2D eigenvalue weighted by Gasteiger charge is 2.01. The van der Waals surface area contributed by atoms with Gasteiger partial charge in [-0.2, -0.15) is 5.10 Å². The van der Waals surface area contributed by atoms with Gasteiger partial charge in [0.05, 0.1) is 12.8 Å². The first kappa shape index (κ1) is 10.5. The quantitative estimate of drug-likeness (QED) is 0.732. The number of anilines is 3. The summed E-state index contributed by atoms with van der Waals surface area (Å²) in [5, 5.41) is 9.69. The molecule has 1 heterocycles. The minimum Gasteiger partial charge on any atom is -0.382 e.